The van der Waals surface area contributed by atoms with Crippen LogP contribution in [0.1, 0.15) is 18.1 Å². The first-order valence-electron chi connectivity index (χ1n) is 6.93. The van der Waals surface area contributed by atoms with E-state index in [0.717, 1.165) is 28.9 Å². The van der Waals surface area contributed by atoms with Crippen molar-refractivity contribution in [3.63, 3.8) is 0 Å². The molecule has 5 nitrogen and oxygen atoms in total. The molecule has 0 atom stereocenters. The van der Waals surface area contributed by atoms with Crippen LogP contribution in [0.25, 0.3) is 17.1 Å². The molecular formula is C16H17N5. The van der Waals surface area contributed by atoms with E-state index < -0.39 is 0 Å². The molecule has 5 heteroatoms. The summed E-state index contributed by atoms with van der Waals surface area (Å²) in [6.07, 6.45) is 0.978. The number of benzene rings is 2. The third-order valence-electron chi connectivity index (χ3n) is 3.56. The van der Waals surface area contributed by atoms with Crippen molar-refractivity contribution in [3.8, 4) is 17.1 Å². The van der Waals surface area contributed by atoms with E-state index in [4.69, 9.17) is 5.73 Å². The van der Waals surface area contributed by atoms with Crippen LogP contribution in [0.3, 0.4) is 0 Å². The second-order valence-corrected chi connectivity index (χ2v) is 5.01. The molecule has 1 heterocycles. The van der Waals surface area contributed by atoms with Gasteiger partial charge in [-0.1, -0.05) is 19.1 Å². The van der Waals surface area contributed by atoms with Gasteiger partial charge in [-0.3, -0.25) is 0 Å². The number of nitrogens with zero attached hydrogens (tertiary/aromatic N) is 4. The lowest BCUT2D eigenvalue weighted by Crippen LogP contribution is -2.01. The number of aromatic nitrogens is 4. The maximum Gasteiger partial charge on any atom is 0.187 e. The Morgan fingerprint density at radius 1 is 1.14 bits per heavy atom. The van der Waals surface area contributed by atoms with Crippen molar-refractivity contribution in [2.24, 2.45) is 0 Å². The highest BCUT2D eigenvalue weighted by Gasteiger charge is 2.11. The molecule has 2 aromatic carbocycles. The summed E-state index contributed by atoms with van der Waals surface area (Å²) in [6, 6.07) is 14.0. The lowest BCUT2D eigenvalue weighted by Gasteiger charge is -2.07. The summed E-state index contributed by atoms with van der Waals surface area (Å²) < 4.78 is 1.75. The van der Waals surface area contributed by atoms with Crippen LogP contribution in [0.4, 0.5) is 5.69 Å². The van der Waals surface area contributed by atoms with E-state index >= 15 is 0 Å². The Morgan fingerprint density at radius 2 is 2.00 bits per heavy atom. The van der Waals surface area contributed by atoms with E-state index in [9.17, 15) is 0 Å². The summed E-state index contributed by atoms with van der Waals surface area (Å²) in [5.41, 5.74) is 10.8. The second-order valence-electron chi connectivity index (χ2n) is 5.01. The number of hydrogen-bond acceptors (Lipinski definition) is 4. The molecule has 21 heavy (non-hydrogen) atoms. The van der Waals surface area contributed by atoms with Crippen molar-refractivity contribution in [1.82, 2.24) is 20.2 Å². The largest absolute Gasteiger partial charge is 0.399 e. The van der Waals surface area contributed by atoms with Gasteiger partial charge in [0.1, 0.15) is 0 Å². The highest BCUT2D eigenvalue weighted by Crippen LogP contribution is 2.23. The molecule has 0 fully saturated rings. The summed E-state index contributed by atoms with van der Waals surface area (Å²) >= 11 is 0. The van der Waals surface area contributed by atoms with E-state index in [1.54, 1.807) is 4.68 Å². The molecule has 3 aromatic rings. The SMILES string of the molecule is CCc1cccc(-n2nnnc2-c2ccc(N)c(C)c2)c1. The lowest BCUT2D eigenvalue weighted by atomic mass is 10.1. The fourth-order valence-corrected chi connectivity index (χ4v) is 2.26. The standard InChI is InChI=1S/C16H17N5/c1-3-12-5-4-6-14(10-12)21-16(18-19-20-21)13-7-8-15(17)11(2)9-13/h4-10H,3,17H2,1-2H3. The molecule has 1 aromatic heterocycles. The van der Waals surface area contributed by atoms with Gasteiger partial charge in [0.2, 0.25) is 0 Å². The first kappa shape index (κ1) is 13.3. The molecule has 0 amide bonds. The molecule has 0 radical (unpaired) electrons. The third kappa shape index (κ3) is 2.50. The summed E-state index contributed by atoms with van der Waals surface area (Å²) in [5.74, 6) is 0.714. The summed E-state index contributed by atoms with van der Waals surface area (Å²) in [4.78, 5) is 0. The van der Waals surface area contributed by atoms with Gasteiger partial charge < -0.3 is 5.73 Å². The molecule has 106 valence electrons. The van der Waals surface area contributed by atoms with Gasteiger partial charge >= 0.3 is 0 Å². The Bertz CT molecular complexity index is 776. The van der Waals surface area contributed by atoms with Gasteiger partial charge in [-0.25, -0.2) is 0 Å². The third-order valence-corrected chi connectivity index (χ3v) is 3.56. The van der Waals surface area contributed by atoms with Crippen LogP contribution in [-0.2, 0) is 6.42 Å². The second kappa shape index (κ2) is 5.36. The van der Waals surface area contributed by atoms with Gasteiger partial charge in [-0.2, -0.15) is 4.68 Å². The van der Waals surface area contributed by atoms with Crippen molar-refractivity contribution < 1.29 is 0 Å². The van der Waals surface area contributed by atoms with E-state index in [1.165, 1.54) is 5.56 Å². The van der Waals surface area contributed by atoms with E-state index in [2.05, 4.69) is 34.6 Å². The Kier molecular flexibility index (Phi) is 3.39. The van der Waals surface area contributed by atoms with E-state index in [0.29, 0.717) is 5.82 Å². The average Bonchev–Trinajstić information content (AvgIpc) is 2.99. The first-order valence-corrected chi connectivity index (χ1v) is 6.93. The highest BCUT2D eigenvalue weighted by molar-refractivity contribution is 5.63. The van der Waals surface area contributed by atoms with Crippen molar-refractivity contribution in [3.05, 3.63) is 53.6 Å². The normalized spacial score (nSPS) is 10.8. The number of nitrogen functional groups attached to an aromatic ring is 1. The quantitative estimate of drug-likeness (QED) is 0.748. The lowest BCUT2D eigenvalue weighted by molar-refractivity contribution is 0.790. The number of aryl methyl sites for hydroxylation is 2. The molecule has 0 bridgehead atoms. The van der Waals surface area contributed by atoms with Crippen molar-refractivity contribution in [1.29, 1.82) is 0 Å². The average molecular weight is 279 g/mol. The van der Waals surface area contributed by atoms with Gasteiger partial charge in [-0.15, -0.1) is 5.10 Å². The minimum atomic E-state index is 0.714. The molecule has 0 saturated carbocycles. The van der Waals surface area contributed by atoms with Crippen LogP contribution in [0.15, 0.2) is 42.5 Å². The Labute approximate surface area is 123 Å². The van der Waals surface area contributed by atoms with Crippen LogP contribution < -0.4 is 5.73 Å². The molecular weight excluding hydrogens is 262 g/mol. The van der Waals surface area contributed by atoms with Crippen LogP contribution in [0.2, 0.25) is 0 Å². The molecule has 0 aliphatic rings. The first-order chi connectivity index (χ1) is 10.2. The summed E-state index contributed by atoms with van der Waals surface area (Å²) in [6.45, 7) is 4.10. The van der Waals surface area contributed by atoms with Crippen molar-refractivity contribution in [2.75, 3.05) is 5.73 Å². The van der Waals surface area contributed by atoms with Crippen molar-refractivity contribution in [2.45, 2.75) is 20.3 Å². The Balaban J connectivity index is 2.09. The van der Waals surface area contributed by atoms with Gasteiger partial charge in [0.25, 0.3) is 0 Å². The van der Waals surface area contributed by atoms with Crippen LogP contribution >= 0.6 is 0 Å². The van der Waals surface area contributed by atoms with Crippen LogP contribution in [0.5, 0.6) is 0 Å². The van der Waals surface area contributed by atoms with Crippen LogP contribution in [-0.4, -0.2) is 20.2 Å². The molecule has 0 saturated heterocycles. The zero-order valence-electron chi connectivity index (χ0n) is 12.1. The minimum absolute atomic E-state index is 0.714. The topological polar surface area (TPSA) is 69.6 Å². The number of nitrogens with two attached hydrogens (primary N) is 1. The molecule has 3 rings (SSSR count). The van der Waals surface area contributed by atoms with E-state index in [-0.39, 0.29) is 0 Å². The number of rotatable bonds is 3. The van der Waals surface area contributed by atoms with Crippen LogP contribution in [0, 0.1) is 6.92 Å². The summed E-state index contributed by atoms with van der Waals surface area (Å²) in [5, 5.41) is 12.1. The number of tetrazole rings is 1. The van der Waals surface area contributed by atoms with Crippen molar-refractivity contribution >= 4 is 5.69 Å². The van der Waals surface area contributed by atoms with Gasteiger partial charge in [0, 0.05) is 11.3 Å². The van der Waals surface area contributed by atoms with Gasteiger partial charge in [0.05, 0.1) is 5.69 Å². The number of hydrogen-bond donors (Lipinski definition) is 1. The Morgan fingerprint density at radius 3 is 2.76 bits per heavy atom. The minimum Gasteiger partial charge on any atom is -0.399 e. The molecule has 0 spiro atoms. The fraction of sp³-hybridized carbons (Fsp3) is 0.188. The zero-order valence-corrected chi connectivity index (χ0v) is 12.1. The monoisotopic (exact) mass is 279 g/mol. The molecule has 2 N–H and O–H groups in total. The van der Waals surface area contributed by atoms with Gasteiger partial charge in [0.15, 0.2) is 5.82 Å². The molecule has 0 unspecified atom stereocenters. The predicted molar refractivity (Wildman–Crippen MR) is 83.1 cm³/mol. The van der Waals surface area contributed by atoms with Gasteiger partial charge in [-0.05, 0) is 65.2 Å². The number of anilines is 1. The fourth-order valence-electron chi connectivity index (χ4n) is 2.26. The zero-order chi connectivity index (χ0) is 14.8. The smallest absolute Gasteiger partial charge is 0.187 e. The summed E-state index contributed by atoms with van der Waals surface area (Å²) in [7, 11) is 0. The highest BCUT2D eigenvalue weighted by atomic mass is 15.5. The predicted octanol–water partition coefficient (Wildman–Crippen LogP) is 2.78. The Hall–Kier alpha value is -2.69. The molecule has 0 aliphatic carbocycles. The van der Waals surface area contributed by atoms with E-state index in [1.807, 2.05) is 37.3 Å². The molecule has 0 aliphatic heterocycles. The maximum absolute atomic E-state index is 5.87. The maximum atomic E-state index is 5.87.